The summed E-state index contributed by atoms with van der Waals surface area (Å²) >= 11 is 0. The fraction of sp³-hybridized carbons (Fsp3) is 0.611. The number of carbonyl (C=O) groups excluding carboxylic acids is 1. The monoisotopic (exact) mass is 381 g/mol. The number of hydrogen-bond acceptors (Lipinski definition) is 5. The van der Waals surface area contributed by atoms with E-state index in [0.717, 1.165) is 45.2 Å². The number of ether oxygens (including phenoxy) is 1. The molecule has 1 aromatic carbocycles. The molecule has 3 rings (SSSR count). The minimum atomic E-state index is -3.66. The number of hydrogen-bond donors (Lipinski definition) is 3. The maximum atomic E-state index is 12.5. The van der Waals surface area contributed by atoms with Crippen LogP contribution in [0.5, 0.6) is 5.75 Å². The second-order valence-electron chi connectivity index (χ2n) is 7.04. The minimum absolute atomic E-state index is 0.00735. The van der Waals surface area contributed by atoms with E-state index in [9.17, 15) is 13.2 Å². The molecular weight excluding hydrogens is 354 g/mol. The lowest BCUT2D eigenvalue weighted by Gasteiger charge is -2.22. The maximum absolute atomic E-state index is 12.5. The Bertz CT molecular complexity index is 741. The van der Waals surface area contributed by atoms with Crippen LogP contribution in [0.3, 0.4) is 0 Å². The van der Waals surface area contributed by atoms with Gasteiger partial charge in [-0.3, -0.25) is 4.79 Å². The Morgan fingerprint density at radius 2 is 1.96 bits per heavy atom. The average Bonchev–Trinajstić information content (AvgIpc) is 3.44. The quantitative estimate of drug-likeness (QED) is 0.639. The molecule has 1 saturated carbocycles. The van der Waals surface area contributed by atoms with Crippen LogP contribution in [-0.4, -0.2) is 40.6 Å². The van der Waals surface area contributed by atoms with E-state index in [-0.39, 0.29) is 22.6 Å². The summed E-state index contributed by atoms with van der Waals surface area (Å²) in [5.74, 6) is 0.759. The highest BCUT2D eigenvalue weighted by Gasteiger charge is 2.30. The molecule has 8 heteroatoms. The lowest BCUT2D eigenvalue weighted by molar-refractivity contribution is -0.116. The van der Waals surface area contributed by atoms with E-state index in [1.165, 1.54) is 13.2 Å². The number of carbonyl (C=O) groups is 1. The van der Waals surface area contributed by atoms with Gasteiger partial charge in [0.15, 0.2) is 0 Å². The lowest BCUT2D eigenvalue weighted by atomic mass is 9.93. The van der Waals surface area contributed by atoms with E-state index in [4.69, 9.17) is 4.74 Å². The molecule has 0 radical (unpaired) electrons. The third-order valence-corrected chi connectivity index (χ3v) is 6.42. The van der Waals surface area contributed by atoms with Crippen molar-refractivity contribution in [3.8, 4) is 5.75 Å². The van der Waals surface area contributed by atoms with Gasteiger partial charge in [-0.25, -0.2) is 13.1 Å². The number of amides is 1. The number of methoxy groups -OCH3 is 1. The molecule has 2 fully saturated rings. The molecule has 7 nitrogen and oxygen atoms in total. The van der Waals surface area contributed by atoms with E-state index in [0.29, 0.717) is 18.0 Å². The summed E-state index contributed by atoms with van der Waals surface area (Å²) < 4.78 is 32.9. The summed E-state index contributed by atoms with van der Waals surface area (Å²) in [5.41, 5.74) is 0.470. The first kappa shape index (κ1) is 19.1. The normalized spacial score (nSPS) is 18.5. The average molecular weight is 381 g/mol. The third kappa shape index (κ3) is 5.18. The molecule has 0 unspecified atom stereocenters. The van der Waals surface area contributed by atoms with Gasteiger partial charge in [0, 0.05) is 18.2 Å². The van der Waals surface area contributed by atoms with Gasteiger partial charge in [0.25, 0.3) is 0 Å². The van der Waals surface area contributed by atoms with Crippen LogP contribution in [0.25, 0.3) is 0 Å². The molecule has 1 amide bonds. The van der Waals surface area contributed by atoms with Crippen LogP contribution in [-0.2, 0) is 14.8 Å². The minimum Gasteiger partial charge on any atom is -0.495 e. The molecule has 1 aliphatic heterocycles. The Morgan fingerprint density at radius 1 is 1.23 bits per heavy atom. The van der Waals surface area contributed by atoms with Crippen molar-refractivity contribution in [3.05, 3.63) is 18.2 Å². The zero-order valence-corrected chi connectivity index (χ0v) is 15.9. The summed E-state index contributed by atoms with van der Waals surface area (Å²) in [6, 6.07) is 4.71. The second kappa shape index (κ2) is 8.37. The van der Waals surface area contributed by atoms with Gasteiger partial charge in [0.2, 0.25) is 15.9 Å². The Labute approximate surface area is 154 Å². The SMILES string of the molecule is COc1ccc(NC(=O)CCC2CCNCC2)cc1S(=O)(=O)NC1CC1. The largest absolute Gasteiger partial charge is 0.495 e. The molecule has 1 aromatic rings. The van der Waals surface area contributed by atoms with Crippen molar-refractivity contribution in [2.45, 2.75) is 49.5 Å². The Kier molecular flexibility index (Phi) is 6.16. The van der Waals surface area contributed by atoms with Gasteiger partial charge in [-0.2, -0.15) is 0 Å². The molecule has 1 aliphatic carbocycles. The number of nitrogens with one attached hydrogen (secondary N) is 3. The topological polar surface area (TPSA) is 96.5 Å². The van der Waals surface area contributed by atoms with Crippen LogP contribution in [0.1, 0.15) is 38.5 Å². The van der Waals surface area contributed by atoms with Gasteiger partial charge in [0.05, 0.1) is 7.11 Å². The van der Waals surface area contributed by atoms with Crippen molar-refractivity contribution < 1.29 is 17.9 Å². The Morgan fingerprint density at radius 3 is 2.62 bits per heavy atom. The first-order valence-corrected chi connectivity index (χ1v) is 10.7. The highest BCUT2D eigenvalue weighted by Crippen LogP contribution is 2.30. The first-order valence-electron chi connectivity index (χ1n) is 9.19. The summed E-state index contributed by atoms with van der Waals surface area (Å²) in [6.07, 6.45) is 5.22. The molecule has 0 bridgehead atoms. The molecule has 0 spiro atoms. The van der Waals surface area contributed by atoms with Gasteiger partial charge in [0.1, 0.15) is 10.6 Å². The molecule has 26 heavy (non-hydrogen) atoms. The predicted octanol–water partition coefficient (Wildman–Crippen LogP) is 1.85. The lowest BCUT2D eigenvalue weighted by Crippen LogP contribution is -2.28. The van der Waals surface area contributed by atoms with Crippen LogP contribution in [0, 0.1) is 5.92 Å². The van der Waals surface area contributed by atoms with Crippen LogP contribution in [0.4, 0.5) is 5.69 Å². The van der Waals surface area contributed by atoms with E-state index in [1.807, 2.05) is 0 Å². The number of sulfonamides is 1. The highest BCUT2D eigenvalue weighted by atomic mass is 32.2. The summed E-state index contributed by atoms with van der Waals surface area (Å²) in [6.45, 7) is 2.03. The first-order chi connectivity index (χ1) is 12.5. The molecule has 1 heterocycles. The van der Waals surface area contributed by atoms with Crippen LogP contribution in [0.2, 0.25) is 0 Å². The summed E-state index contributed by atoms with van der Waals surface area (Å²) in [7, 11) is -2.23. The molecule has 0 aromatic heterocycles. The van der Waals surface area contributed by atoms with Crippen LogP contribution in [0.15, 0.2) is 23.1 Å². The van der Waals surface area contributed by atoms with E-state index in [2.05, 4.69) is 15.4 Å². The number of anilines is 1. The molecule has 144 valence electrons. The van der Waals surface area contributed by atoms with Crippen molar-refractivity contribution in [1.82, 2.24) is 10.0 Å². The van der Waals surface area contributed by atoms with Gasteiger partial charge in [-0.15, -0.1) is 0 Å². The standard InChI is InChI=1S/C18H27N3O4S/c1-25-16-6-5-15(12-17(16)26(23,24)21-14-3-4-14)20-18(22)7-2-13-8-10-19-11-9-13/h5-6,12-14,19,21H,2-4,7-11H2,1H3,(H,20,22). The highest BCUT2D eigenvalue weighted by molar-refractivity contribution is 7.89. The van der Waals surface area contributed by atoms with Crippen molar-refractivity contribution in [2.24, 2.45) is 5.92 Å². The van der Waals surface area contributed by atoms with Crippen molar-refractivity contribution >= 4 is 21.6 Å². The van der Waals surface area contributed by atoms with E-state index < -0.39 is 10.0 Å². The molecular formula is C18H27N3O4S. The second-order valence-corrected chi connectivity index (χ2v) is 8.72. The van der Waals surface area contributed by atoms with Crippen molar-refractivity contribution in [2.75, 3.05) is 25.5 Å². The molecule has 1 saturated heterocycles. The Hall–Kier alpha value is -1.64. The van der Waals surface area contributed by atoms with Crippen molar-refractivity contribution in [3.63, 3.8) is 0 Å². The number of benzene rings is 1. The van der Waals surface area contributed by atoms with E-state index in [1.54, 1.807) is 12.1 Å². The van der Waals surface area contributed by atoms with Gasteiger partial charge >= 0.3 is 0 Å². The number of rotatable bonds is 8. The maximum Gasteiger partial charge on any atom is 0.244 e. The zero-order valence-electron chi connectivity index (χ0n) is 15.1. The summed E-state index contributed by atoms with van der Waals surface area (Å²) in [4.78, 5) is 12.3. The van der Waals surface area contributed by atoms with Crippen molar-refractivity contribution in [1.29, 1.82) is 0 Å². The number of piperidine rings is 1. The molecule has 3 N–H and O–H groups in total. The fourth-order valence-corrected chi connectivity index (χ4v) is 4.68. The third-order valence-electron chi connectivity index (χ3n) is 4.87. The van der Waals surface area contributed by atoms with Gasteiger partial charge in [-0.1, -0.05) is 0 Å². The fourth-order valence-electron chi connectivity index (χ4n) is 3.18. The smallest absolute Gasteiger partial charge is 0.244 e. The van der Waals surface area contributed by atoms with E-state index >= 15 is 0 Å². The summed E-state index contributed by atoms with van der Waals surface area (Å²) in [5, 5.41) is 6.13. The predicted molar refractivity (Wildman–Crippen MR) is 99.8 cm³/mol. The van der Waals surface area contributed by atoms with Gasteiger partial charge in [-0.05, 0) is 69.3 Å². The Balaban J connectivity index is 1.63. The molecule has 2 aliphatic rings. The van der Waals surface area contributed by atoms with Crippen LogP contribution >= 0.6 is 0 Å². The van der Waals surface area contributed by atoms with Crippen LogP contribution < -0.4 is 20.1 Å². The zero-order chi connectivity index (χ0) is 18.6. The molecule has 0 atom stereocenters. The van der Waals surface area contributed by atoms with Gasteiger partial charge < -0.3 is 15.4 Å².